The summed E-state index contributed by atoms with van der Waals surface area (Å²) in [6.45, 7) is 1.32. The molecule has 0 fully saturated rings. The summed E-state index contributed by atoms with van der Waals surface area (Å²) in [5, 5.41) is 3.00. The molecule has 0 radical (unpaired) electrons. The van der Waals surface area contributed by atoms with E-state index in [0.29, 0.717) is 13.0 Å². The van der Waals surface area contributed by atoms with Gasteiger partial charge in [0.25, 0.3) is 0 Å². The van der Waals surface area contributed by atoms with Crippen molar-refractivity contribution in [3.63, 3.8) is 0 Å². The van der Waals surface area contributed by atoms with E-state index >= 15 is 0 Å². The van der Waals surface area contributed by atoms with Crippen LogP contribution in [0, 0.1) is 5.82 Å². The lowest BCUT2D eigenvalue weighted by atomic mass is 10.1. The Morgan fingerprint density at radius 2 is 2.21 bits per heavy atom. The Morgan fingerprint density at radius 3 is 2.86 bits per heavy atom. The number of methoxy groups -OCH3 is 1. The lowest BCUT2D eigenvalue weighted by Gasteiger charge is -2.05. The predicted molar refractivity (Wildman–Crippen MR) is 54.7 cm³/mol. The van der Waals surface area contributed by atoms with Gasteiger partial charge in [-0.25, -0.2) is 4.39 Å². The summed E-state index contributed by atoms with van der Waals surface area (Å²) in [6.07, 6.45) is 0.708. The minimum Gasteiger partial charge on any atom is -0.380 e. The minimum absolute atomic E-state index is 0.139. The van der Waals surface area contributed by atoms with Crippen LogP contribution >= 0.6 is 0 Å². The van der Waals surface area contributed by atoms with Gasteiger partial charge in [0, 0.05) is 7.11 Å². The van der Waals surface area contributed by atoms with Gasteiger partial charge in [-0.1, -0.05) is 12.1 Å². The third kappa shape index (κ3) is 3.09. The number of ether oxygens (including phenoxy) is 1. The maximum absolute atomic E-state index is 13.3. The Balaban J connectivity index is 2.74. The second kappa shape index (κ2) is 5.73. The Morgan fingerprint density at radius 1 is 1.43 bits per heavy atom. The summed E-state index contributed by atoms with van der Waals surface area (Å²) >= 11 is 0. The zero-order chi connectivity index (χ0) is 10.4. The van der Waals surface area contributed by atoms with Crippen LogP contribution in [0.1, 0.15) is 11.1 Å². The lowest BCUT2D eigenvalue weighted by Crippen LogP contribution is -2.11. The van der Waals surface area contributed by atoms with Crippen LogP contribution < -0.4 is 5.32 Å². The van der Waals surface area contributed by atoms with Crippen LogP contribution in [-0.4, -0.2) is 20.7 Å². The Bertz CT molecular complexity index is 289. The molecule has 0 heterocycles. The van der Waals surface area contributed by atoms with Crippen LogP contribution in [0.15, 0.2) is 18.2 Å². The molecule has 0 aliphatic carbocycles. The van der Waals surface area contributed by atoms with Gasteiger partial charge in [-0.3, -0.25) is 0 Å². The maximum atomic E-state index is 13.3. The lowest BCUT2D eigenvalue weighted by molar-refractivity contribution is 0.184. The summed E-state index contributed by atoms with van der Waals surface area (Å²) in [6, 6.07) is 5.11. The molecule has 1 aromatic rings. The van der Waals surface area contributed by atoms with Crippen molar-refractivity contribution in [1.82, 2.24) is 5.32 Å². The summed E-state index contributed by atoms with van der Waals surface area (Å²) in [4.78, 5) is 0. The van der Waals surface area contributed by atoms with Gasteiger partial charge in [-0.15, -0.1) is 0 Å². The molecular weight excluding hydrogens is 181 g/mol. The van der Waals surface area contributed by atoms with Crippen LogP contribution in [-0.2, 0) is 17.8 Å². The van der Waals surface area contributed by atoms with Crippen molar-refractivity contribution in [2.75, 3.05) is 20.7 Å². The van der Waals surface area contributed by atoms with Crippen molar-refractivity contribution >= 4 is 0 Å². The molecule has 0 bridgehead atoms. The standard InChI is InChI=1S/C11H16FNO/c1-13-6-5-10-7-9(8-14-2)3-4-11(10)12/h3-4,7,13H,5-6,8H2,1-2H3. The number of hydrogen-bond acceptors (Lipinski definition) is 2. The SMILES string of the molecule is CNCCc1cc(COC)ccc1F. The highest BCUT2D eigenvalue weighted by Crippen LogP contribution is 2.11. The summed E-state index contributed by atoms with van der Waals surface area (Å²) < 4.78 is 18.3. The van der Waals surface area contributed by atoms with E-state index in [0.717, 1.165) is 17.7 Å². The highest BCUT2D eigenvalue weighted by molar-refractivity contribution is 5.25. The number of rotatable bonds is 5. The molecule has 1 N–H and O–H groups in total. The first-order valence-electron chi connectivity index (χ1n) is 4.68. The second-order valence-electron chi connectivity index (χ2n) is 3.21. The number of hydrogen-bond donors (Lipinski definition) is 1. The first kappa shape index (κ1) is 11.1. The summed E-state index contributed by atoms with van der Waals surface area (Å²) in [5.41, 5.74) is 1.76. The van der Waals surface area contributed by atoms with Gasteiger partial charge in [0.2, 0.25) is 0 Å². The molecule has 0 saturated heterocycles. The smallest absolute Gasteiger partial charge is 0.126 e. The van der Waals surface area contributed by atoms with E-state index in [4.69, 9.17) is 4.74 Å². The molecule has 0 unspecified atom stereocenters. The van der Waals surface area contributed by atoms with Gasteiger partial charge < -0.3 is 10.1 Å². The number of nitrogens with one attached hydrogen (secondary N) is 1. The van der Waals surface area contributed by atoms with E-state index in [1.54, 1.807) is 13.2 Å². The summed E-state index contributed by atoms with van der Waals surface area (Å²) in [5.74, 6) is -0.139. The number of likely N-dealkylation sites (N-methyl/N-ethyl adjacent to an activating group) is 1. The average molecular weight is 197 g/mol. The topological polar surface area (TPSA) is 21.3 Å². The molecule has 0 atom stereocenters. The Labute approximate surface area is 84.1 Å². The van der Waals surface area contributed by atoms with E-state index in [9.17, 15) is 4.39 Å². The normalized spacial score (nSPS) is 10.5. The molecule has 0 aromatic heterocycles. The number of benzene rings is 1. The average Bonchev–Trinajstić information content (AvgIpc) is 2.19. The van der Waals surface area contributed by atoms with Crippen LogP contribution in [0.25, 0.3) is 0 Å². The van der Waals surface area contributed by atoms with E-state index in [1.165, 1.54) is 6.07 Å². The predicted octanol–water partition coefficient (Wildman–Crippen LogP) is 1.73. The zero-order valence-corrected chi connectivity index (χ0v) is 8.64. The van der Waals surface area contributed by atoms with E-state index in [1.807, 2.05) is 13.1 Å². The van der Waals surface area contributed by atoms with Crippen LogP contribution in [0.5, 0.6) is 0 Å². The fourth-order valence-corrected chi connectivity index (χ4v) is 1.34. The van der Waals surface area contributed by atoms with Gasteiger partial charge in [0.15, 0.2) is 0 Å². The largest absolute Gasteiger partial charge is 0.380 e. The molecule has 0 aliphatic rings. The molecule has 14 heavy (non-hydrogen) atoms. The second-order valence-corrected chi connectivity index (χ2v) is 3.21. The molecule has 1 aromatic carbocycles. The van der Waals surface area contributed by atoms with Gasteiger partial charge in [0.05, 0.1) is 6.61 Å². The highest BCUT2D eigenvalue weighted by Gasteiger charge is 2.02. The molecule has 0 amide bonds. The Hall–Kier alpha value is -0.930. The van der Waals surface area contributed by atoms with Crippen molar-refractivity contribution in [2.24, 2.45) is 0 Å². The molecule has 0 aliphatic heterocycles. The fraction of sp³-hybridized carbons (Fsp3) is 0.455. The van der Waals surface area contributed by atoms with E-state index in [2.05, 4.69) is 5.32 Å². The highest BCUT2D eigenvalue weighted by atomic mass is 19.1. The minimum atomic E-state index is -0.139. The van der Waals surface area contributed by atoms with Crippen LogP contribution in [0.2, 0.25) is 0 Å². The molecule has 1 rings (SSSR count). The van der Waals surface area contributed by atoms with Gasteiger partial charge >= 0.3 is 0 Å². The van der Waals surface area contributed by atoms with Crippen molar-refractivity contribution < 1.29 is 9.13 Å². The van der Waals surface area contributed by atoms with Crippen molar-refractivity contribution in [1.29, 1.82) is 0 Å². The molecule has 0 spiro atoms. The number of halogens is 1. The van der Waals surface area contributed by atoms with Crippen molar-refractivity contribution in [3.05, 3.63) is 35.1 Å². The van der Waals surface area contributed by atoms with E-state index in [-0.39, 0.29) is 5.82 Å². The monoisotopic (exact) mass is 197 g/mol. The van der Waals surface area contributed by atoms with Crippen molar-refractivity contribution in [2.45, 2.75) is 13.0 Å². The molecule has 78 valence electrons. The van der Waals surface area contributed by atoms with Gasteiger partial charge in [-0.2, -0.15) is 0 Å². The first-order valence-corrected chi connectivity index (χ1v) is 4.68. The molecular formula is C11H16FNO. The first-order chi connectivity index (χ1) is 6.77. The molecule has 2 nitrogen and oxygen atoms in total. The van der Waals surface area contributed by atoms with E-state index < -0.39 is 0 Å². The fourth-order valence-electron chi connectivity index (χ4n) is 1.34. The van der Waals surface area contributed by atoms with Crippen LogP contribution in [0.4, 0.5) is 4.39 Å². The Kier molecular flexibility index (Phi) is 4.56. The van der Waals surface area contributed by atoms with Crippen LogP contribution in [0.3, 0.4) is 0 Å². The van der Waals surface area contributed by atoms with Gasteiger partial charge in [0.1, 0.15) is 5.82 Å². The van der Waals surface area contributed by atoms with Crippen molar-refractivity contribution in [3.8, 4) is 0 Å². The third-order valence-corrected chi connectivity index (χ3v) is 2.07. The molecule has 0 saturated carbocycles. The van der Waals surface area contributed by atoms with Gasteiger partial charge in [-0.05, 0) is 37.2 Å². The summed E-state index contributed by atoms with van der Waals surface area (Å²) in [7, 11) is 3.49. The zero-order valence-electron chi connectivity index (χ0n) is 8.64. The third-order valence-electron chi connectivity index (χ3n) is 2.07. The quantitative estimate of drug-likeness (QED) is 0.776. The maximum Gasteiger partial charge on any atom is 0.126 e. The molecule has 3 heteroatoms.